The number of hydrogen-bond acceptors (Lipinski definition) is 2. The summed E-state index contributed by atoms with van der Waals surface area (Å²) in [5, 5.41) is 1.16. The highest BCUT2D eigenvalue weighted by Gasteiger charge is 2.07. The van der Waals surface area contributed by atoms with E-state index in [1.165, 1.54) is 6.08 Å². The number of allylic oxidation sites excluding steroid dienone is 3. The van der Waals surface area contributed by atoms with Gasteiger partial charge in [-0.3, -0.25) is 4.79 Å². The molecule has 0 saturated heterocycles. The smallest absolute Gasteiger partial charge is 0.187 e. The van der Waals surface area contributed by atoms with Crippen molar-refractivity contribution in [2.75, 3.05) is 13.6 Å². The van der Waals surface area contributed by atoms with Gasteiger partial charge in [-0.1, -0.05) is 35.4 Å². The highest BCUT2D eigenvalue weighted by molar-refractivity contribution is 6.34. The lowest BCUT2D eigenvalue weighted by atomic mass is 10.1. The van der Waals surface area contributed by atoms with Gasteiger partial charge in [0.25, 0.3) is 0 Å². The Bertz CT molecular complexity index is 588. The van der Waals surface area contributed by atoms with Crippen molar-refractivity contribution >= 4 is 35.1 Å². The molecule has 0 saturated carbocycles. The van der Waals surface area contributed by atoms with Crippen molar-refractivity contribution in [1.29, 1.82) is 0 Å². The summed E-state index contributed by atoms with van der Waals surface area (Å²) in [5.41, 5.74) is 1.39. The lowest BCUT2D eigenvalue weighted by Gasteiger charge is -2.16. The van der Waals surface area contributed by atoms with Gasteiger partial charge in [-0.2, -0.15) is 0 Å². The molecule has 0 atom stereocenters. The number of likely N-dealkylation sites (N-methyl/N-ethyl adjacent to an activating group) is 1. The maximum Gasteiger partial charge on any atom is 0.187 e. The molecule has 19 heavy (non-hydrogen) atoms. The second kappa shape index (κ2) is 6.09. The van der Waals surface area contributed by atoms with Crippen LogP contribution in [0, 0.1) is 0 Å². The average molecular weight is 294 g/mol. The highest BCUT2D eigenvalue weighted by Crippen LogP contribution is 2.22. The molecule has 0 spiro atoms. The number of carbonyl (C=O) groups is 1. The number of nitrogens with zero attached hydrogens (tertiary/aromatic N) is 1. The molecule has 0 aliphatic carbocycles. The Morgan fingerprint density at radius 1 is 1.37 bits per heavy atom. The third kappa shape index (κ3) is 3.72. The molecule has 0 amide bonds. The van der Waals surface area contributed by atoms with E-state index in [0.29, 0.717) is 15.6 Å². The molecule has 0 radical (unpaired) electrons. The number of hydrogen-bond donors (Lipinski definition) is 0. The third-order valence-corrected chi connectivity index (χ3v) is 3.29. The van der Waals surface area contributed by atoms with Crippen molar-refractivity contribution in [2.24, 2.45) is 0 Å². The monoisotopic (exact) mass is 293 g/mol. The lowest BCUT2D eigenvalue weighted by molar-refractivity contribution is -0.111. The summed E-state index contributed by atoms with van der Waals surface area (Å²) in [7, 11) is 1.92. The summed E-state index contributed by atoms with van der Waals surface area (Å²) in [4.78, 5) is 14.0. The molecule has 0 bridgehead atoms. The van der Waals surface area contributed by atoms with E-state index in [2.05, 4.69) is 0 Å². The normalized spacial score (nSPS) is 14.9. The molecule has 0 N–H and O–H groups in total. The lowest BCUT2D eigenvalue weighted by Crippen LogP contribution is -2.16. The number of rotatable bonds is 3. The van der Waals surface area contributed by atoms with Gasteiger partial charge in [0.1, 0.15) is 0 Å². The minimum absolute atomic E-state index is 0.0566. The second-order valence-corrected chi connectivity index (χ2v) is 5.13. The summed E-state index contributed by atoms with van der Waals surface area (Å²) in [6.07, 6.45) is 8.79. The molecule has 4 heteroatoms. The standard InChI is InChI=1S/C15H13Cl2NO/c1-18-8-2-3-12(10-18)15(19)7-4-11-9-13(16)5-6-14(11)17/h2-7,9-10H,8H2,1H3/b7-4+. The van der Waals surface area contributed by atoms with Crippen molar-refractivity contribution in [2.45, 2.75) is 0 Å². The number of halogens is 2. The van der Waals surface area contributed by atoms with Crippen molar-refractivity contribution in [3.05, 3.63) is 63.8 Å². The van der Waals surface area contributed by atoms with E-state index in [-0.39, 0.29) is 5.78 Å². The molecule has 2 rings (SSSR count). The van der Waals surface area contributed by atoms with Crippen molar-refractivity contribution in [1.82, 2.24) is 4.90 Å². The first-order valence-corrected chi connectivity index (χ1v) is 6.58. The minimum Gasteiger partial charge on any atom is -0.376 e. The van der Waals surface area contributed by atoms with E-state index in [1.54, 1.807) is 24.3 Å². The molecule has 98 valence electrons. The molecule has 0 fully saturated rings. The van der Waals surface area contributed by atoms with Crippen LogP contribution < -0.4 is 0 Å². The molecule has 0 unspecified atom stereocenters. The summed E-state index contributed by atoms with van der Waals surface area (Å²) in [6.45, 7) is 0.820. The SMILES string of the molecule is CN1C=C(C(=O)/C=C/c2cc(Cl)ccc2Cl)C=CC1. The van der Waals surface area contributed by atoms with Crippen LogP contribution in [0.4, 0.5) is 0 Å². The van der Waals surface area contributed by atoms with Gasteiger partial charge in [-0.05, 0) is 35.9 Å². The van der Waals surface area contributed by atoms with Crippen LogP contribution in [0.2, 0.25) is 10.0 Å². The van der Waals surface area contributed by atoms with Gasteiger partial charge < -0.3 is 4.90 Å². The summed E-state index contributed by atoms with van der Waals surface area (Å²) >= 11 is 11.9. The van der Waals surface area contributed by atoms with Gasteiger partial charge in [-0.25, -0.2) is 0 Å². The van der Waals surface area contributed by atoms with Crippen molar-refractivity contribution < 1.29 is 4.79 Å². The summed E-state index contributed by atoms with van der Waals surface area (Å²) in [5.74, 6) is -0.0566. The van der Waals surface area contributed by atoms with E-state index in [0.717, 1.165) is 12.1 Å². The number of ketones is 1. The van der Waals surface area contributed by atoms with Gasteiger partial charge in [0.05, 0.1) is 0 Å². The zero-order valence-corrected chi connectivity index (χ0v) is 11.9. The maximum absolute atomic E-state index is 12.0. The van der Waals surface area contributed by atoms with Crippen LogP contribution in [-0.4, -0.2) is 24.3 Å². The fourth-order valence-corrected chi connectivity index (χ4v) is 2.09. The van der Waals surface area contributed by atoms with Gasteiger partial charge in [0.2, 0.25) is 0 Å². The largest absolute Gasteiger partial charge is 0.376 e. The fourth-order valence-electron chi connectivity index (χ4n) is 1.73. The van der Waals surface area contributed by atoms with E-state index >= 15 is 0 Å². The summed E-state index contributed by atoms with van der Waals surface area (Å²) in [6, 6.07) is 5.15. The van der Waals surface area contributed by atoms with Gasteiger partial charge in [-0.15, -0.1) is 0 Å². The first-order valence-electron chi connectivity index (χ1n) is 5.82. The predicted molar refractivity (Wildman–Crippen MR) is 80.4 cm³/mol. The Hall–Kier alpha value is -1.51. The van der Waals surface area contributed by atoms with Gasteiger partial charge in [0.15, 0.2) is 5.78 Å². The molecule has 1 aliphatic heterocycles. The van der Waals surface area contributed by atoms with Crippen LogP contribution in [0.3, 0.4) is 0 Å². The van der Waals surface area contributed by atoms with Crippen LogP contribution in [0.1, 0.15) is 5.56 Å². The number of carbonyl (C=O) groups excluding carboxylic acids is 1. The van der Waals surface area contributed by atoms with E-state index < -0.39 is 0 Å². The Balaban J connectivity index is 2.16. The van der Waals surface area contributed by atoms with E-state index in [9.17, 15) is 4.79 Å². The molecule has 1 aromatic rings. The molecule has 1 aromatic carbocycles. The summed E-state index contributed by atoms with van der Waals surface area (Å²) < 4.78 is 0. The van der Waals surface area contributed by atoms with Gasteiger partial charge in [0, 0.05) is 35.4 Å². The zero-order chi connectivity index (χ0) is 13.8. The van der Waals surface area contributed by atoms with E-state index in [4.69, 9.17) is 23.2 Å². The van der Waals surface area contributed by atoms with Crippen LogP contribution >= 0.6 is 23.2 Å². The van der Waals surface area contributed by atoms with Crippen molar-refractivity contribution in [3.63, 3.8) is 0 Å². The van der Waals surface area contributed by atoms with Crippen LogP contribution in [0.15, 0.2) is 48.2 Å². The molecular weight excluding hydrogens is 281 g/mol. The third-order valence-electron chi connectivity index (χ3n) is 2.71. The van der Waals surface area contributed by atoms with Crippen LogP contribution in [0.25, 0.3) is 6.08 Å². The first kappa shape index (κ1) is 13.9. The molecule has 0 aromatic heterocycles. The van der Waals surface area contributed by atoms with Gasteiger partial charge >= 0.3 is 0 Å². The first-order chi connectivity index (χ1) is 9.06. The minimum atomic E-state index is -0.0566. The Morgan fingerprint density at radius 2 is 2.16 bits per heavy atom. The molecule has 2 nitrogen and oxygen atoms in total. The van der Waals surface area contributed by atoms with Crippen LogP contribution in [0.5, 0.6) is 0 Å². The number of benzene rings is 1. The molecular formula is C15H13Cl2NO. The maximum atomic E-state index is 12.0. The molecule has 1 aliphatic rings. The Labute approximate surface area is 122 Å². The average Bonchev–Trinajstić information content (AvgIpc) is 2.39. The Kier molecular flexibility index (Phi) is 4.46. The zero-order valence-electron chi connectivity index (χ0n) is 10.4. The van der Waals surface area contributed by atoms with E-state index in [1.807, 2.05) is 30.3 Å². The predicted octanol–water partition coefficient (Wildman–Crippen LogP) is 3.96. The fraction of sp³-hybridized carbons (Fsp3) is 0.133. The van der Waals surface area contributed by atoms with Crippen LogP contribution in [-0.2, 0) is 4.79 Å². The van der Waals surface area contributed by atoms with Crippen molar-refractivity contribution in [3.8, 4) is 0 Å². The highest BCUT2D eigenvalue weighted by atomic mass is 35.5. The topological polar surface area (TPSA) is 20.3 Å². The quantitative estimate of drug-likeness (QED) is 0.786. The molecule has 1 heterocycles. The second-order valence-electron chi connectivity index (χ2n) is 4.29. The Morgan fingerprint density at radius 3 is 2.89 bits per heavy atom.